The summed E-state index contributed by atoms with van der Waals surface area (Å²) in [6.07, 6.45) is 11.7. The van der Waals surface area contributed by atoms with E-state index in [1.165, 1.54) is 32.0 Å². The van der Waals surface area contributed by atoms with Crippen LogP contribution >= 0.6 is 0 Å². The number of benzene rings is 1. The highest BCUT2D eigenvalue weighted by Gasteiger charge is 2.57. The molecule has 2 atom stereocenters. The Morgan fingerprint density at radius 3 is 2.53 bits per heavy atom. The second-order valence-corrected chi connectivity index (χ2v) is 17.1. The molecule has 276 valence electrons. The van der Waals surface area contributed by atoms with Gasteiger partial charge in [0.15, 0.2) is 11.6 Å². The zero-order valence-electron chi connectivity index (χ0n) is 30.7. The maximum Gasteiger partial charge on any atom is 0.238 e. The summed E-state index contributed by atoms with van der Waals surface area (Å²) in [5, 5.41) is 3.24. The molecule has 12 heteroatoms. The first-order valence-corrected chi connectivity index (χ1v) is 19.5. The van der Waals surface area contributed by atoms with E-state index in [-0.39, 0.29) is 29.6 Å². The van der Waals surface area contributed by atoms with Crippen molar-refractivity contribution >= 4 is 40.0 Å². The first-order chi connectivity index (χ1) is 25.6. The van der Waals surface area contributed by atoms with Crippen LogP contribution in [0.5, 0.6) is 0 Å². The van der Waals surface area contributed by atoms with Crippen LogP contribution in [0.4, 0.5) is 21.6 Å². The third-order valence-electron chi connectivity index (χ3n) is 13.5. The average Bonchev–Trinajstić information content (AvgIpc) is 3.92. The minimum absolute atomic E-state index is 0.111. The molecule has 3 aromatic heterocycles. The molecule has 2 saturated carbocycles. The van der Waals surface area contributed by atoms with Crippen LogP contribution in [0.2, 0.25) is 0 Å². The number of carbonyl (C=O) groups is 2. The predicted octanol–water partition coefficient (Wildman–Crippen LogP) is 6.22. The monoisotopic (exact) mass is 718 g/mol. The number of piperidine rings is 2. The van der Waals surface area contributed by atoms with Crippen molar-refractivity contribution in [2.75, 3.05) is 43.1 Å². The zero-order valence-corrected chi connectivity index (χ0v) is 30.7. The van der Waals surface area contributed by atoms with E-state index in [4.69, 9.17) is 14.7 Å². The topological polar surface area (TPSA) is 109 Å². The van der Waals surface area contributed by atoms with E-state index in [2.05, 4.69) is 52.1 Å². The molecule has 1 N–H and O–H groups in total. The fourth-order valence-electron chi connectivity index (χ4n) is 10.3. The second-order valence-electron chi connectivity index (χ2n) is 17.1. The normalized spacial score (nSPS) is 27.1. The van der Waals surface area contributed by atoms with Crippen LogP contribution in [-0.2, 0) is 19.7 Å². The largest absolute Gasteiger partial charge is 0.379 e. The molecule has 10 rings (SSSR count). The number of nitrogens with zero attached hydrogens (tertiary/aromatic N) is 7. The quantitative estimate of drug-likeness (QED) is 0.240. The molecule has 2 bridgehead atoms. The van der Waals surface area contributed by atoms with E-state index < -0.39 is 16.6 Å². The van der Waals surface area contributed by atoms with E-state index in [0.29, 0.717) is 62.7 Å². The molecule has 4 aliphatic heterocycles. The number of hydrogen-bond donors (Lipinski definition) is 1. The van der Waals surface area contributed by atoms with Crippen molar-refractivity contribution < 1.29 is 18.7 Å². The van der Waals surface area contributed by atoms with E-state index in [1.54, 1.807) is 18.6 Å². The summed E-state index contributed by atoms with van der Waals surface area (Å²) in [6.45, 7) is 9.36. The van der Waals surface area contributed by atoms with Crippen molar-refractivity contribution in [3.8, 4) is 11.3 Å². The molecular formula is C41H47FN8O3. The van der Waals surface area contributed by atoms with Gasteiger partial charge >= 0.3 is 0 Å². The van der Waals surface area contributed by atoms with Crippen LogP contribution in [0.15, 0.2) is 49.1 Å². The maximum atomic E-state index is 15.0. The fraction of sp³-hybridized carbons (Fsp3) is 0.537. The van der Waals surface area contributed by atoms with Gasteiger partial charge in [-0.1, -0.05) is 12.1 Å². The number of anilines is 3. The summed E-state index contributed by atoms with van der Waals surface area (Å²) in [7, 11) is 0. The van der Waals surface area contributed by atoms with E-state index in [9.17, 15) is 14.0 Å². The summed E-state index contributed by atoms with van der Waals surface area (Å²) in [5.41, 5.74) is 4.26. The molecule has 1 spiro atoms. The number of aromatic nitrogens is 4. The van der Waals surface area contributed by atoms with E-state index in [0.717, 1.165) is 46.6 Å². The lowest BCUT2D eigenvalue weighted by Gasteiger charge is -2.49. The number of imidazole rings is 1. The third kappa shape index (κ3) is 5.07. The van der Waals surface area contributed by atoms with Crippen LogP contribution in [0, 0.1) is 17.2 Å². The molecular weight excluding hydrogens is 672 g/mol. The predicted molar refractivity (Wildman–Crippen MR) is 199 cm³/mol. The molecule has 0 radical (unpaired) electrons. The van der Waals surface area contributed by atoms with Gasteiger partial charge in [-0.25, -0.2) is 14.4 Å². The molecule has 2 aliphatic carbocycles. The van der Waals surface area contributed by atoms with Crippen molar-refractivity contribution in [3.05, 3.63) is 60.4 Å². The SMILES string of the molecule is CC(C)n1cnc2cc(-c3ccc4c(c3)N([C@H]3C[C@@H](N5CC6CC[C@@H]5C6)C3)C(=O)C43CCN(C(=O)C4(C)COC4)CC3)nc(Nc3ccncc3F)c21. The third-order valence-corrected chi connectivity index (χ3v) is 13.5. The Kier molecular flexibility index (Phi) is 7.54. The van der Waals surface area contributed by atoms with Gasteiger partial charge in [-0.05, 0) is 95.4 Å². The maximum absolute atomic E-state index is 15.0. The van der Waals surface area contributed by atoms with Crippen LogP contribution in [0.25, 0.3) is 22.3 Å². The van der Waals surface area contributed by atoms with Crippen molar-refractivity contribution in [2.24, 2.45) is 11.3 Å². The Balaban J connectivity index is 1.02. The number of likely N-dealkylation sites (tertiary alicyclic amines) is 2. The Labute approximate surface area is 308 Å². The molecule has 11 nitrogen and oxygen atoms in total. The number of pyridine rings is 2. The number of rotatable bonds is 7. The Hall–Kier alpha value is -4.42. The molecule has 4 aromatic rings. The number of fused-ring (bicyclic) bond motifs is 5. The van der Waals surface area contributed by atoms with Gasteiger partial charge in [0.2, 0.25) is 11.8 Å². The Morgan fingerprint density at radius 1 is 1.04 bits per heavy atom. The molecule has 1 aromatic carbocycles. The zero-order chi connectivity index (χ0) is 36.2. The lowest BCUT2D eigenvalue weighted by molar-refractivity contribution is -0.170. The molecule has 6 aliphatic rings. The summed E-state index contributed by atoms with van der Waals surface area (Å²) in [4.78, 5) is 49.0. The van der Waals surface area contributed by atoms with Gasteiger partial charge in [-0.2, -0.15) is 0 Å². The molecule has 53 heavy (non-hydrogen) atoms. The summed E-state index contributed by atoms with van der Waals surface area (Å²) in [5.74, 6) is 1.19. The first kappa shape index (κ1) is 33.2. The lowest BCUT2D eigenvalue weighted by Crippen LogP contribution is -2.60. The standard InChI is InChI=1S/C41H47FN8O3/c1-24(2)49-23-44-34-18-33(46-37(36(34)49)45-32-8-11-43-19-31(32)42)26-5-7-30-35(15-26)50(29-16-28(17-29)48-20-25-4-6-27(48)14-25)39(52)41(30)9-12-47(13-10-41)38(51)40(3)21-53-22-40/h5,7-8,11,15,18-19,23-25,27-29H,4,6,9-10,12-14,16-17,20-22H2,1-3H3,(H,43,45,46)/t25?,27-,28-,29+/m1/s1. The van der Waals surface area contributed by atoms with Crippen molar-refractivity contribution in [1.82, 2.24) is 29.3 Å². The summed E-state index contributed by atoms with van der Waals surface area (Å²) in [6, 6.07) is 11.4. The Morgan fingerprint density at radius 2 is 1.85 bits per heavy atom. The molecule has 5 fully saturated rings. The number of amides is 2. The highest BCUT2D eigenvalue weighted by atomic mass is 19.1. The highest BCUT2D eigenvalue weighted by Crippen LogP contribution is 2.53. The fourth-order valence-corrected chi connectivity index (χ4v) is 10.3. The van der Waals surface area contributed by atoms with Gasteiger partial charge < -0.3 is 24.4 Å². The van der Waals surface area contributed by atoms with Crippen LogP contribution < -0.4 is 10.2 Å². The van der Waals surface area contributed by atoms with Crippen molar-refractivity contribution in [3.63, 3.8) is 0 Å². The van der Waals surface area contributed by atoms with Gasteiger partial charge in [-0.3, -0.25) is 19.5 Å². The van der Waals surface area contributed by atoms with E-state index in [1.807, 2.05) is 22.5 Å². The number of carbonyl (C=O) groups excluding carboxylic acids is 2. The minimum Gasteiger partial charge on any atom is -0.379 e. The molecule has 7 heterocycles. The van der Waals surface area contributed by atoms with Gasteiger partial charge in [0.1, 0.15) is 5.52 Å². The van der Waals surface area contributed by atoms with Crippen LogP contribution in [0.1, 0.15) is 77.3 Å². The van der Waals surface area contributed by atoms with Crippen LogP contribution in [-0.4, -0.2) is 92.1 Å². The highest BCUT2D eigenvalue weighted by molar-refractivity contribution is 6.09. The minimum atomic E-state index is -0.668. The van der Waals surface area contributed by atoms with E-state index >= 15 is 0 Å². The summed E-state index contributed by atoms with van der Waals surface area (Å²) >= 11 is 0. The molecule has 3 saturated heterocycles. The lowest BCUT2D eigenvalue weighted by atomic mass is 9.72. The number of hydrogen-bond acceptors (Lipinski definition) is 8. The van der Waals surface area contributed by atoms with Gasteiger partial charge in [0.25, 0.3) is 0 Å². The van der Waals surface area contributed by atoms with Crippen molar-refractivity contribution in [1.29, 1.82) is 0 Å². The number of nitrogens with one attached hydrogen (secondary N) is 1. The van der Waals surface area contributed by atoms with Gasteiger partial charge in [0.05, 0.1) is 53.5 Å². The Bertz CT molecular complexity index is 2130. The summed E-state index contributed by atoms with van der Waals surface area (Å²) < 4.78 is 22.3. The van der Waals surface area contributed by atoms with Crippen molar-refractivity contribution in [2.45, 2.75) is 95.3 Å². The van der Waals surface area contributed by atoms with Crippen LogP contribution in [0.3, 0.4) is 0 Å². The smallest absolute Gasteiger partial charge is 0.238 e. The second kappa shape index (κ2) is 12.0. The number of halogens is 1. The molecule has 1 unspecified atom stereocenters. The first-order valence-electron chi connectivity index (χ1n) is 19.5. The molecule has 2 amide bonds. The van der Waals surface area contributed by atoms with Gasteiger partial charge in [0, 0.05) is 61.2 Å². The van der Waals surface area contributed by atoms with Gasteiger partial charge in [-0.15, -0.1) is 0 Å². The average molecular weight is 719 g/mol. The number of ether oxygens (including phenoxy) is 1.